The molecule has 2 aromatic heterocycles. The van der Waals surface area contributed by atoms with E-state index in [0.717, 1.165) is 43.4 Å². The summed E-state index contributed by atoms with van der Waals surface area (Å²) in [6.45, 7) is 3.85. The standard InChI is InChI=1S/C27H18N2O2S2/c1-3-29-21-15-17(23-7-5-13-33-23)9-11-19(21)25(27(29)31)24-18-10-8-16(22-6-4-12-32-22)14-20(18)28(2)26(24)30/h3-15H,1H2,2H3. The van der Waals surface area contributed by atoms with E-state index in [2.05, 4.69) is 18.7 Å². The van der Waals surface area contributed by atoms with E-state index in [9.17, 15) is 9.59 Å². The molecule has 0 spiro atoms. The van der Waals surface area contributed by atoms with Crippen LogP contribution in [0.3, 0.4) is 0 Å². The van der Waals surface area contributed by atoms with Crippen molar-refractivity contribution in [2.24, 2.45) is 0 Å². The number of hydrogen-bond donors (Lipinski definition) is 0. The lowest BCUT2D eigenvalue weighted by atomic mass is 9.95. The predicted octanol–water partition coefficient (Wildman–Crippen LogP) is 6.52. The minimum Gasteiger partial charge on any atom is -0.311 e. The van der Waals surface area contributed by atoms with Crippen molar-refractivity contribution >= 4 is 57.0 Å². The quantitative estimate of drug-likeness (QED) is 0.323. The average molecular weight is 467 g/mol. The summed E-state index contributed by atoms with van der Waals surface area (Å²) in [6, 6.07) is 20.1. The van der Waals surface area contributed by atoms with E-state index in [-0.39, 0.29) is 11.8 Å². The molecule has 0 saturated carbocycles. The average Bonchev–Trinajstić information content (AvgIpc) is 3.62. The normalized spacial score (nSPS) is 17.0. The van der Waals surface area contributed by atoms with Crippen LogP contribution in [-0.2, 0) is 9.59 Å². The molecule has 0 bridgehead atoms. The van der Waals surface area contributed by atoms with Crippen LogP contribution in [0, 0.1) is 0 Å². The highest BCUT2D eigenvalue weighted by molar-refractivity contribution is 7.13. The maximum atomic E-state index is 13.5. The summed E-state index contributed by atoms with van der Waals surface area (Å²) in [5.41, 5.74) is 6.08. The van der Waals surface area contributed by atoms with Crippen molar-refractivity contribution in [3.05, 3.63) is 95.3 Å². The van der Waals surface area contributed by atoms with E-state index in [1.54, 1.807) is 39.5 Å². The fourth-order valence-corrected chi connectivity index (χ4v) is 6.00. The third kappa shape index (κ3) is 2.88. The van der Waals surface area contributed by atoms with Gasteiger partial charge in [0.2, 0.25) is 0 Å². The monoisotopic (exact) mass is 466 g/mol. The number of anilines is 2. The van der Waals surface area contributed by atoms with Gasteiger partial charge in [-0.05, 0) is 46.2 Å². The molecule has 6 heteroatoms. The fourth-order valence-electron chi connectivity index (χ4n) is 4.56. The highest BCUT2D eigenvalue weighted by Crippen LogP contribution is 2.48. The molecule has 0 atom stereocenters. The van der Waals surface area contributed by atoms with Gasteiger partial charge in [-0.1, -0.05) is 43.0 Å². The third-order valence-electron chi connectivity index (χ3n) is 6.15. The first kappa shape index (κ1) is 19.9. The Balaban J connectivity index is 1.56. The highest BCUT2D eigenvalue weighted by Gasteiger charge is 2.40. The Labute approximate surface area is 199 Å². The molecule has 2 aliphatic rings. The van der Waals surface area contributed by atoms with Gasteiger partial charge in [0.25, 0.3) is 11.8 Å². The Hall–Kier alpha value is -3.74. The maximum Gasteiger partial charge on any atom is 0.263 e. The number of nitrogens with zero attached hydrogens (tertiary/aromatic N) is 2. The molecule has 2 aromatic carbocycles. The molecule has 0 aliphatic carbocycles. The number of amides is 2. The van der Waals surface area contributed by atoms with E-state index < -0.39 is 0 Å². The van der Waals surface area contributed by atoms with Crippen molar-refractivity contribution in [1.82, 2.24) is 0 Å². The molecular formula is C27H18N2O2S2. The Bertz CT molecular complexity index is 1480. The van der Waals surface area contributed by atoms with Gasteiger partial charge in [0.1, 0.15) is 0 Å². The van der Waals surface area contributed by atoms with Crippen molar-refractivity contribution in [1.29, 1.82) is 0 Å². The lowest BCUT2D eigenvalue weighted by Crippen LogP contribution is -2.23. The first-order chi connectivity index (χ1) is 16.1. The number of benzene rings is 2. The Morgan fingerprint density at radius 1 is 0.758 bits per heavy atom. The maximum absolute atomic E-state index is 13.5. The summed E-state index contributed by atoms with van der Waals surface area (Å²) >= 11 is 3.31. The molecule has 0 saturated heterocycles. The van der Waals surface area contributed by atoms with E-state index in [4.69, 9.17) is 0 Å². The second-order valence-corrected chi connectivity index (χ2v) is 9.79. The van der Waals surface area contributed by atoms with Crippen molar-refractivity contribution in [3.63, 3.8) is 0 Å². The Kier molecular flexibility index (Phi) is 4.47. The minimum atomic E-state index is -0.227. The van der Waals surface area contributed by atoms with Gasteiger partial charge in [0, 0.05) is 34.1 Å². The minimum absolute atomic E-state index is 0.170. The number of rotatable bonds is 3. The van der Waals surface area contributed by atoms with Crippen molar-refractivity contribution < 1.29 is 9.59 Å². The molecular weight excluding hydrogens is 448 g/mol. The first-order valence-corrected chi connectivity index (χ1v) is 12.2. The van der Waals surface area contributed by atoms with Gasteiger partial charge in [0.15, 0.2) is 0 Å². The number of carbonyl (C=O) groups excluding carboxylic acids is 2. The van der Waals surface area contributed by atoms with Gasteiger partial charge in [0.05, 0.1) is 22.5 Å². The highest BCUT2D eigenvalue weighted by atomic mass is 32.1. The van der Waals surface area contributed by atoms with Crippen LogP contribution < -0.4 is 9.80 Å². The number of fused-ring (bicyclic) bond motifs is 2. The van der Waals surface area contributed by atoms with Crippen molar-refractivity contribution in [2.75, 3.05) is 16.8 Å². The van der Waals surface area contributed by atoms with Crippen LogP contribution in [0.4, 0.5) is 11.4 Å². The molecule has 6 rings (SSSR count). The Morgan fingerprint density at radius 2 is 1.30 bits per heavy atom. The summed E-state index contributed by atoms with van der Waals surface area (Å²) in [4.78, 5) is 32.4. The largest absolute Gasteiger partial charge is 0.311 e. The van der Waals surface area contributed by atoms with Crippen molar-refractivity contribution in [3.8, 4) is 20.9 Å². The number of hydrogen-bond acceptors (Lipinski definition) is 4. The zero-order valence-electron chi connectivity index (χ0n) is 17.7. The fraction of sp³-hybridized carbons (Fsp3) is 0.0370. The zero-order valence-corrected chi connectivity index (χ0v) is 19.4. The van der Waals surface area contributed by atoms with Crippen LogP contribution in [-0.4, -0.2) is 18.9 Å². The lowest BCUT2D eigenvalue weighted by Gasteiger charge is -2.11. The SMILES string of the molecule is C=CN1C(=O)C(=C2C(=O)N(C)c3cc(-c4cccs4)ccc32)c2ccc(-c3cccs3)cc21. The Morgan fingerprint density at radius 3 is 1.85 bits per heavy atom. The van der Waals surface area contributed by atoms with Gasteiger partial charge in [-0.3, -0.25) is 14.5 Å². The van der Waals surface area contributed by atoms with E-state index >= 15 is 0 Å². The topological polar surface area (TPSA) is 40.6 Å². The molecule has 160 valence electrons. The molecule has 0 N–H and O–H groups in total. The van der Waals surface area contributed by atoms with E-state index in [1.807, 2.05) is 59.3 Å². The van der Waals surface area contributed by atoms with Gasteiger partial charge in [-0.15, -0.1) is 22.7 Å². The third-order valence-corrected chi connectivity index (χ3v) is 7.99. The molecule has 33 heavy (non-hydrogen) atoms. The number of carbonyl (C=O) groups is 2. The van der Waals surface area contributed by atoms with Crippen LogP contribution >= 0.6 is 22.7 Å². The van der Waals surface area contributed by atoms with Gasteiger partial charge in [-0.25, -0.2) is 0 Å². The summed E-state index contributed by atoms with van der Waals surface area (Å²) in [7, 11) is 1.76. The van der Waals surface area contributed by atoms with Crippen LogP contribution in [0.5, 0.6) is 0 Å². The molecule has 4 aromatic rings. The molecule has 0 radical (unpaired) electrons. The van der Waals surface area contributed by atoms with Crippen molar-refractivity contribution in [2.45, 2.75) is 0 Å². The van der Waals surface area contributed by atoms with Gasteiger partial charge >= 0.3 is 0 Å². The summed E-state index contributed by atoms with van der Waals surface area (Å²) in [6.07, 6.45) is 1.52. The van der Waals surface area contributed by atoms with Crippen LogP contribution in [0.15, 0.2) is 84.2 Å². The molecule has 4 nitrogen and oxygen atoms in total. The van der Waals surface area contributed by atoms with Crippen LogP contribution in [0.2, 0.25) is 0 Å². The van der Waals surface area contributed by atoms with Gasteiger partial charge in [-0.2, -0.15) is 0 Å². The zero-order chi connectivity index (χ0) is 22.7. The number of likely N-dealkylation sites (N-methyl/N-ethyl adjacent to an activating group) is 1. The summed E-state index contributed by atoms with van der Waals surface area (Å²) in [5.74, 6) is -0.397. The molecule has 0 unspecified atom stereocenters. The molecule has 0 fully saturated rings. The second-order valence-electron chi connectivity index (χ2n) is 7.89. The summed E-state index contributed by atoms with van der Waals surface area (Å²) < 4.78 is 0. The molecule has 2 aliphatic heterocycles. The predicted molar refractivity (Wildman–Crippen MR) is 137 cm³/mol. The van der Waals surface area contributed by atoms with E-state index in [1.165, 1.54) is 6.20 Å². The molecule has 2 amide bonds. The van der Waals surface area contributed by atoms with E-state index in [0.29, 0.717) is 11.1 Å². The molecule has 4 heterocycles. The lowest BCUT2D eigenvalue weighted by molar-refractivity contribution is -0.114. The second kappa shape index (κ2) is 7.40. The van der Waals surface area contributed by atoms with Crippen LogP contribution in [0.1, 0.15) is 11.1 Å². The smallest absolute Gasteiger partial charge is 0.263 e. The van der Waals surface area contributed by atoms with Gasteiger partial charge < -0.3 is 4.90 Å². The summed E-state index contributed by atoms with van der Waals surface area (Å²) in [5, 5.41) is 4.06. The number of thiophene rings is 2. The first-order valence-electron chi connectivity index (χ1n) is 10.4. The van der Waals surface area contributed by atoms with Crippen LogP contribution in [0.25, 0.3) is 32.0 Å².